The quantitative estimate of drug-likeness (QED) is 0.557. The Morgan fingerprint density at radius 1 is 1.32 bits per heavy atom. The molecule has 0 fully saturated rings. The number of nitro groups is 1. The number of rotatable bonds is 6. The topological polar surface area (TPSA) is 109 Å². The van der Waals surface area contributed by atoms with Crippen LogP contribution in [0, 0.1) is 17.0 Å². The molecule has 0 saturated carbocycles. The molecule has 7 nitrogen and oxygen atoms in total. The molecule has 0 aliphatic heterocycles. The number of benzene rings is 1. The van der Waals surface area contributed by atoms with Crippen molar-refractivity contribution in [3.8, 4) is 5.75 Å². The molecule has 0 aliphatic carbocycles. The van der Waals surface area contributed by atoms with E-state index in [9.17, 15) is 15.2 Å². The Morgan fingerprint density at radius 2 is 2.09 bits per heavy atom. The lowest BCUT2D eigenvalue weighted by molar-refractivity contribution is -0.385. The predicted octanol–water partition coefficient (Wildman–Crippen LogP) is 2.15. The van der Waals surface area contributed by atoms with E-state index >= 15 is 0 Å². The fraction of sp³-hybridized carbons (Fsp3) is 0.267. The number of anilines is 1. The zero-order valence-corrected chi connectivity index (χ0v) is 12.1. The van der Waals surface area contributed by atoms with E-state index in [0.717, 1.165) is 5.56 Å². The predicted molar refractivity (Wildman–Crippen MR) is 81.9 cm³/mol. The SMILES string of the molecule is Cc1nc(NCCc2ccc(O)c(CO)c2)ccc1[N+](=O)[O-]. The molecular formula is C15H17N3O4. The van der Waals surface area contributed by atoms with Crippen molar-refractivity contribution in [3.05, 3.63) is 57.3 Å². The summed E-state index contributed by atoms with van der Waals surface area (Å²) in [4.78, 5) is 14.4. The van der Waals surface area contributed by atoms with Gasteiger partial charge >= 0.3 is 0 Å². The van der Waals surface area contributed by atoms with Crippen molar-refractivity contribution < 1.29 is 15.1 Å². The van der Waals surface area contributed by atoms with Crippen molar-refractivity contribution in [3.63, 3.8) is 0 Å². The van der Waals surface area contributed by atoms with E-state index in [4.69, 9.17) is 5.11 Å². The highest BCUT2D eigenvalue weighted by Gasteiger charge is 2.11. The third-order valence-corrected chi connectivity index (χ3v) is 3.29. The number of aryl methyl sites for hydroxylation is 1. The summed E-state index contributed by atoms with van der Waals surface area (Å²) in [7, 11) is 0. The second-order valence-electron chi connectivity index (χ2n) is 4.86. The van der Waals surface area contributed by atoms with Crippen molar-refractivity contribution in [2.45, 2.75) is 20.0 Å². The molecule has 0 bridgehead atoms. The number of hydrogen-bond acceptors (Lipinski definition) is 6. The molecule has 3 N–H and O–H groups in total. The van der Waals surface area contributed by atoms with Gasteiger partial charge < -0.3 is 15.5 Å². The van der Waals surface area contributed by atoms with Crippen LogP contribution in [-0.2, 0) is 13.0 Å². The molecule has 1 aromatic carbocycles. The van der Waals surface area contributed by atoms with Crippen LogP contribution in [0.25, 0.3) is 0 Å². The standard InChI is InChI=1S/C15H17N3O4/c1-10-13(18(21)22)3-5-15(17-10)16-7-6-11-2-4-14(20)12(8-11)9-19/h2-5,8,19-20H,6-7,9H2,1H3,(H,16,17). The van der Waals surface area contributed by atoms with Gasteiger partial charge in [-0.05, 0) is 37.1 Å². The monoisotopic (exact) mass is 303 g/mol. The molecule has 0 radical (unpaired) electrons. The maximum atomic E-state index is 10.7. The molecule has 1 aromatic heterocycles. The number of nitrogens with zero attached hydrogens (tertiary/aromatic N) is 2. The largest absolute Gasteiger partial charge is 0.508 e. The molecule has 0 unspecified atom stereocenters. The van der Waals surface area contributed by atoms with Crippen molar-refractivity contribution >= 4 is 11.5 Å². The molecule has 0 spiro atoms. The Kier molecular flexibility index (Phi) is 4.90. The number of aromatic nitrogens is 1. The van der Waals surface area contributed by atoms with E-state index < -0.39 is 4.92 Å². The third-order valence-electron chi connectivity index (χ3n) is 3.29. The van der Waals surface area contributed by atoms with Gasteiger partial charge in [-0.2, -0.15) is 0 Å². The summed E-state index contributed by atoms with van der Waals surface area (Å²) < 4.78 is 0. The molecule has 0 saturated heterocycles. The first-order valence-electron chi connectivity index (χ1n) is 6.79. The number of hydrogen-bond donors (Lipinski definition) is 3. The van der Waals surface area contributed by atoms with Crippen LogP contribution in [0.5, 0.6) is 5.75 Å². The van der Waals surface area contributed by atoms with Crippen molar-refractivity contribution in [2.24, 2.45) is 0 Å². The van der Waals surface area contributed by atoms with E-state index in [1.165, 1.54) is 6.07 Å². The minimum atomic E-state index is -0.459. The second kappa shape index (κ2) is 6.86. The molecule has 22 heavy (non-hydrogen) atoms. The third kappa shape index (κ3) is 3.70. The van der Waals surface area contributed by atoms with Gasteiger partial charge in [0.2, 0.25) is 0 Å². The summed E-state index contributed by atoms with van der Waals surface area (Å²) in [6.07, 6.45) is 0.672. The first kappa shape index (κ1) is 15.7. The normalized spacial score (nSPS) is 10.5. The summed E-state index contributed by atoms with van der Waals surface area (Å²) in [6, 6.07) is 8.07. The molecule has 0 atom stereocenters. The van der Waals surface area contributed by atoms with Gasteiger partial charge in [-0.25, -0.2) is 4.98 Å². The average Bonchev–Trinajstić information content (AvgIpc) is 2.48. The molecule has 0 aliphatic rings. The van der Waals surface area contributed by atoms with Crippen LogP contribution in [0.15, 0.2) is 30.3 Å². The van der Waals surface area contributed by atoms with Crippen molar-refractivity contribution in [1.82, 2.24) is 4.98 Å². The summed E-state index contributed by atoms with van der Waals surface area (Å²) in [5.41, 5.74) is 1.81. The number of aliphatic hydroxyl groups excluding tert-OH is 1. The fourth-order valence-corrected chi connectivity index (χ4v) is 2.10. The van der Waals surface area contributed by atoms with Gasteiger partial charge in [0, 0.05) is 18.2 Å². The first-order chi connectivity index (χ1) is 10.5. The van der Waals surface area contributed by atoms with Gasteiger partial charge in [0.05, 0.1) is 11.5 Å². The zero-order chi connectivity index (χ0) is 16.1. The Hall–Kier alpha value is -2.67. The van der Waals surface area contributed by atoms with E-state index in [2.05, 4.69) is 10.3 Å². The smallest absolute Gasteiger partial charge is 0.290 e. The lowest BCUT2D eigenvalue weighted by Crippen LogP contribution is -2.07. The lowest BCUT2D eigenvalue weighted by atomic mass is 10.1. The summed E-state index contributed by atoms with van der Waals surface area (Å²) >= 11 is 0. The van der Waals surface area contributed by atoms with Crippen LogP contribution in [0.1, 0.15) is 16.8 Å². The van der Waals surface area contributed by atoms with Gasteiger partial charge in [0.25, 0.3) is 5.69 Å². The molecule has 0 amide bonds. The Bertz CT molecular complexity index is 688. The number of nitrogens with one attached hydrogen (secondary N) is 1. The molecular weight excluding hydrogens is 286 g/mol. The highest BCUT2D eigenvalue weighted by Crippen LogP contribution is 2.20. The minimum Gasteiger partial charge on any atom is -0.508 e. The molecule has 116 valence electrons. The van der Waals surface area contributed by atoms with Gasteiger partial charge in [-0.3, -0.25) is 10.1 Å². The van der Waals surface area contributed by atoms with Crippen LogP contribution in [0.2, 0.25) is 0 Å². The Balaban J connectivity index is 1.96. The number of pyridine rings is 1. The van der Waals surface area contributed by atoms with Gasteiger partial charge in [-0.1, -0.05) is 6.07 Å². The van der Waals surface area contributed by atoms with Crippen molar-refractivity contribution in [2.75, 3.05) is 11.9 Å². The lowest BCUT2D eigenvalue weighted by Gasteiger charge is -2.08. The second-order valence-corrected chi connectivity index (χ2v) is 4.86. The average molecular weight is 303 g/mol. The van der Waals surface area contributed by atoms with Gasteiger partial charge in [0.1, 0.15) is 17.3 Å². The Morgan fingerprint density at radius 3 is 2.73 bits per heavy atom. The highest BCUT2D eigenvalue weighted by atomic mass is 16.6. The van der Waals surface area contributed by atoms with Crippen LogP contribution in [0.3, 0.4) is 0 Å². The Labute approximate surface area is 127 Å². The fourth-order valence-electron chi connectivity index (χ4n) is 2.10. The highest BCUT2D eigenvalue weighted by molar-refractivity contribution is 5.45. The van der Waals surface area contributed by atoms with E-state index in [1.807, 2.05) is 0 Å². The van der Waals surface area contributed by atoms with Crippen LogP contribution >= 0.6 is 0 Å². The van der Waals surface area contributed by atoms with Crippen LogP contribution < -0.4 is 5.32 Å². The number of aromatic hydroxyl groups is 1. The number of phenols is 1. The molecule has 2 aromatic rings. The zero-order valence-electron chi connectivity index (χ0n) is 12.1. The summed E-state index contributed by atoms with van der Waals surface area (Å²) in [6.45, 7) is 1.97. The van der Waals surface area contributed by atoms with Gasteiger partial charge in [0.15, 0.2) is 0 Å². The molecule has 7 heteroatoms. The minimum absolute atomic E-state index is 0.00308. The molecule has 2 rings (SSSR count). The van der Waals surface area contributed by atoms with E-state index in [-0.39, 0.29) is 18.0 Å². The summed E-state index contributed by atoms with van der Waals surface area (Å²) in [5, 5.41) is 32.4. The van der Waals surface area contributed by atoms with Crippen LogP contribution in [-0.4, -0.2) is 26.7 Å². The first-order valence-corrected chi connectivity index (χ1v) is 6.79. The van der Waals surface area contributed by atoms with E-state index in [1.54, 1.807) is 31.2 Å². The van der Waals surface area contributed by atoms with E-state index in [0.29, 0.717) is 30.0 Å². The van der Waals surface area contributed by atoms with Gasteiger partial charge in [-0.15, -0.1) is 0 Å². The maximum absolute atomic E-state index is 10.7. The molecule has 1 heterocycles. The van der Waals surface area contributed by atoms with Crippen molar-refractivity contribution in [1.29, 1.82) is 0 Å². The van der Waals surface area contributed by atoms with Crippen LogP contribution in [0.4, 0.5) is 11.5 Å². The number of aliphatic hydroxyl groups is 1. The summed E-state index contributed by atoms with van der Waals surface area (Å²) in [5.74, 6) is 0.649. The maximum Gasteiger partial charge on any atom is 0.290 e.